The summed E-state index contributed by atoms with van der Waals surface area (Å²) in [4.78, 5) is 14.3. The van der Waals surface area contributed by atoms with Gasteiger partial charge in [-0.05, 0) is 36.6 Å². The first-order valence-corrected chi connectivity index (χ1v) is 7.53. The van der Waals surface area contributed by atoms with Crippen LogP contribution in [-0.4, -0.2) is 12.6 Å². The number of nitrogens with one attached hydrogen (secondary N) is 1. The van der Waals surface area contributed by atoms with E-state index in [1.54, 1.807) is 23.1 Å². The molecule has 5 heteroatoms. The number of benzene rings is 2. The largest absolute Gasteiger partial charge is 0.326 e. The van der Waals surface area contributed by atoms with Gasteiger partial charge in [-0.2, -0.15) is 0 Å². The van der Waals surface area contributed by atoms with Gasteiger partial charge in [0.15, 0.2) is 0 Å². The van der Waals surface area contributed by atoms with Crippen molar-refractivity contribution in [3.05, 3.63) is 58.1 Å². The van der Waals surface area contributed by atoms with Crippen molar-refractivity contribution in [3.8, 4) is 0 Å². The van der Waals surface area contributed by atoms with Crippen LogP contribution in [0.25, 0.3) is 0 Å². The summed E-state index contributed by atoms with van der Waals surface area (Å²) in [5.41, 5.74) is 2.67. The Labute approximate surface area is 133 Å². The van der Waals surface area contributed by atoms with Crippen LogP contribution < -0.4 is 10.2 Å². The lowest BCUT2D eigenvalue weighted by molar-refractivity contribution is 0.256. The Hall–Kier alpha value is -1.71. The van der Waals surface area contributed by atoms with Gasteiger partial charge in [-0.15, -0.1) is 0 Å². The Morgan fingerprint density at radius 3 is 2.76 bits per heavy atom. The molecule has 1 N–H and O–H groups in total. The molecule has 0 aliphatic carbocycles. The van der Waals surface area contributed by atoms with Gasteiger partial charge < -0.3 is 5.32 Å². The molecule has 0 atom stereocenters. The number of hydrogen-bond donors (Lipinski definition) is 1. The molecular weight excluding hydrogens is 307 g/mol. The lowest BCUT2D eigenvalue weighted by Gasteiger charge is -2.29. The van der Waals surface area contributed by atoms with E-state index in [-0.39, 0.29) is 6.03 Å². The molecule has 2 aromatic carbocycles. The summed E-state index contributed by atoms with van der Waals surface area (Å²) in [5.74, 6) is 0. The van der Waals surface area contributed by atoms with E-state index < -0.39 is 0 Å². The highest BCUT2D eigenvalue weighted by atomic mass is 35.5. The molecule has 2 amide bonds. The fourth-order valence-electron chi connectivity index (χ4n) is 2.53. The average Bonchev–Trinajstić information content (AvgIpc) is 2.51. The molecule has 3 nitrogen and oxygen atoms in total. The molecule has 0 fully saturated rings. The van der Waals surface area contributed by atoms with Gasteiger partial charge in [0.25, 0.3) is 0 Å². The molecule has 0 unspecified atom stereocenters. The second-order valence-corrected chi connectivity index (χ2v) is 5.70. The van der Waals surface area contributed by atoms with Gasteiger partial charge in [0, 0.05) is 12.2 Å². The van der Waals surface area contributed by atoms with E-state index in [4.69, 9.17) is 23.2 Å². The summed E-state index contributed by atoms with van der Waals surface area (Å²) in [7, 11) is 0. The molecule has 0 spiro atoms. The maximum absolute atomic E-state index is 12.5. The van der Waals surface area contributed by atoms with Crippen LogP contribution in [0.1, 0.15) is 12.0 Å². The number of carbonyl (C=O) groups is 1. The molecule has 1 aliphatic heterocycles. The summed E-state index contributed by atoms with van der Waals surface area (Å²) in [5, 5.41) is 3.62. The van der Waals surface area contributed by atoms with Crippen molar-refractivity contribution in [1.29, 1.82) is 0 Å². The Morgan fingerprint density at radius 2 is 1.90 bits per heavy atom. The minimum Gasteiger partial charge on any atom is -0.306 e. The zero-order chi connectivity index (χ0) is 14.8. The highest BCUT2D eigenvalue weighted by Gasteiger charge is 2.22. The van der Waals surface area contributed by atoms with Gasteiger partial charge >= 0.3 is 6.03 Å². The van der Waals surface area contributed by atoms with Crippen molar-refractivity contribution in [1.82, 2.24) is 0 Å². The molecule has 1 heterocycles. The molecule has 2 aromatic rings. The van der Waals surface area contributed by atoms with Crippen molar-refractivity contribution in [2.24, 2.45) is 0 Å². The van der Waals surface area contributed by atoms with Crippen LogP contribution in [0.2, 0.25) is 10.0 Å². The van der Waals surface area contributed by atoms with Crippen molar-refractivity contribution in [2.45, 2.75) is 12.8 Å². The first-order valence-electron chi connectivity index (χ1n) is 6.77. The molecule has 0 saturated heterocycles. The molecule has 1 aliphatic rings. The molecule has 108 valence electrons. The summed E-state index contributed by atoms with van der Waals surface area (Å²) < 4.78 is 0. The van der Waals surface area contributed by atoms with Gasteiger partial charge in [-0.3, -0.25) is 4.90 Å². The lowest BCUT2D eigenvalue weighted by Crippen LogP contribution is -2.38. The summed E-state index contributed by atoms with van der Waals surface area (Å²) >= 11 is 12.1. The van der Waals surface area contributed by atoms with E-state index in [2.05, 4.69) is 11.4 Å². The number of para-hydroxylation sites is 1. The average molecular weight is 321 g/mol. The van der Waals surface area contributed by atoms with Crippen LogP contribution >= 0.6 is 23.2 Å². The summed E-state index contributed by atoms with van der Waals surface area (Å²) in [6.07, 6.45) is 1.95. The fraction of sp³-hybridized carbons (Fsp3) is 0.188. The maximum Gasteiger partial charge on any atom is 0.326 e. The molecule has 0 saturated carbocycles. The van der Waals surface area contributed by atoms with Crippen molar-refractivity contribution < 1.29 is 4.79 Å². The quantitative estimate of drug-likeness (QED) is 0.789. The predicted molar refractivity (Wildman–Crippen MR) is 87.6 cm³/mol. The SMILES string of the molecule is O=C(Nc1cccc(Cl)c1Cl)N1CCCc2ccccc21. The number of anilines is 2. The predicted octanol–water partition coefficient (Wildman–Crippen LogP) is 4.98. The topological polar surface area (TPSA) is 32.3 Å². The Kier molecular flexibility index (Phi) is 4.04. The second-order valence-electron chi connectivity index (χ2n) is 4.92. The van der Waals surface area contributed by atoms with E-state index in [9.17, 15) is 4.79 Å². The van der Waals surface area contributed by atoms with Crippen LogP contribution in [0.15, 0.2) is 42.5 Å². The number of urea groups is 1. The van der Waals surface area contributed by atoms with Crippen molar-refractivity contribution in [3.63, 3.8) is 0 Å². The highest BCUT2D eigenvalue weighted by Crippen LogP contribution is 2.31. The van der Waals surface area contributed by atoms with Gasteiger partial charge in [0.2, 0.25) is 0 Å². The number of halogens is 2. The second kappa shape index (κ2) is 5.96. The third-order valence-electron chi connectivity index (χ3n) is 3.55. The van der Waals surface area contributed by atoms with Gasteiger partial charge in [0.05, 0.1) is 15.7 Å². The van der Waals surface area contributed by atoms with E-state index in [1.807, 2.05) is 18.2 Å². The van der Waals surface area contributed by atoms with E-state index in [1.165, 1.54) is 5.56 Å². The molecule has 0 radical (unpaired) electrons. The minimum atomic E-state index is -0.189. The van der Waals surface area contributed by atoms with Gasteiger partial charge in [-0.25, -0.2) is 4.79 Å². The number of nitrogens with zero attached hydrogens (tertiary/aromatic N) is 1. The Balaban J connectivity index is 1.85. The van der Waals surface area contributed by atoms with E-state index in [0.29, 0.717) is 22.3 Å². The lowest BCUT2D eigenvalue weighted by atomic mass is 10.0. The van der Waals surface area contributed by atoms with Gasteiger partial charge in [-0.1, -0.05) is 47.5 Å². The van der Waals surface area contributed by atoms with Gasteiger partial charge in [0.1, 0.15) is 0 Å². The number of amides is 2. The zero-order valence-corrected chi connectivity index (χ0v) is 12.8. The third-order valence-corrected chi connectivity index (χ3v) is 4.37. The smallest absolute Gasteiger partial charge is 0.306 e. The highest BCUT2D eigenvalue weighted by molar-refractivity contribution is 6.44. The zero-order valence-electron chi connectivity index (χ0n) is 11.3. The number of fused-ring (bicyclic) bond motifs is 1. The Bertz CT molecular complexity index is 688. The van der Waals surface area contributed by atoms with E-state index in [0.717, 1.165) is 18.5 Å². The minimum absolute atomic E-state index is 0.189. The number of rotatable bonds is 1. The molecule has 0 bridgehead atoms. The standard InChI is InChI=1S/C16H14Cl2N2O/c17-12-7-3-8-13(15(12)18)19-16(21)20-10-4-6-11-5-1-2-9-14(11)20/h1-3,5,7-9H,4,6,10H2,(H,19,21). The summed E-state index contributed by atoms with van der Waals surface area (Å²) in [6.45, 7) is 0.695. The van der Waals surface area contributed by atoms with Crippen LogP contribution in [0.5, 0.6) is 0 Å². The number of aryl methyl sites for hydroxylation is 1. The van der Waals surface area contributed by atoms with Crippen LogP contribution in [0, 0.1) is 0 Å². The maximum atomic E-state index is 12.5. The van der Waals surface area contributed by atoms with Crippen molar-refractivity contribution >= 4 is 40.6 Å². The number of carbonyl (C=O) groups excluding carboxylic acids is 1. The molecule has 3 rings (SSSR count). The molecular formula is C16H14Cl2N2O. The van der Waals surface area contributed by atoms with Crippen LogP contribution in [0.3, 0.4) is 0 Å². The first-order chi connectivity index (χ1) is 10.2. The van der Waals surface area contributed by atoms with Crippen molar-refractivity contribution in [2.75, 3.05) is 16.8 Å². The molecule has 21 heavy (non-hydrogen) atoms. The summed E-state index contributed by atoms with van der Waals surface area (Å²) in [6, 6.07) is 13.0. The van der Waals surface area contributed by atoms with Crippen LogP contribution in [0.4, 0.5) is 16.2 Å². The monoisotopic (exact) mass is 320 g/mol. The van der Waals surface area contributed by atoms with E-state index >= 15 is 0 Å². The fourth-order valence-corrected chi connectivity index (χ4v) is 2.88. The normalized spacial score (nSPS) is 13.7. The third kappa shape index (κ3) is 2.85. The number of hydrogen-bond acceptors (Lipinski definition) is 1. The first kappa shape index (κ1) is 14.2. The van der Waals surface area contributed by atoms with Crippen LogP contribution in [-0.2, 0) is 6.42 Å². The molecule has 0 aromatic heterocycles. The Morgan fingerprint density at radius 1 is 1.10 bits per heavy atom.